The predicted octanol–water partition coefficient (Wildman–Crippen LogP) is -6.21. The third-order valence-electron chi connectivity index (χ3n) is 1.24. The predicted molar refractivity (Wildman–Crippen MR) is 57.9 cm³/mol. The average molecular weight is 275 g/mol. The molecule has 16 heavy (non-hydrogen) atoms. The highest BCUT2D eigenvalue weighted by atomic mass is 35.5. The summed E-state index contributed by atoms with van der Waals surface area (Å²) in [7, 11) is 11.9. The van der Waals surface area contributed by atoms with E-state index in [1.165, 1.54) is 0 Å². The van der Waals surface area contributed by atoms with Crippen LogP contribution in [0.4, 0.5) is 0 Å². The summed E-state index contributed by atoms with van der Waals surface area (Å²) in [5, 5.41) is 0. The summed E-state index contributed by atoms with van der Waals surface area (Å²) in [6.45, 7) is 1.19. The van der Waals surface area contributed by atoms with Crippen LogP contribution in [0.3, 0.4) is 0 Å². The van der Waals surface area contributed by atoms with Gasteiger partial charge in [0.2, 0.25) is 0 Å². The number of likely N-dealkylation sites (N-methyl/N-ethyl adjacent to an activating group) is 2. The molecule has 0 bridgehead atoms. The lowest BCUT2D eigenvalue weighted by Gasteiger charge is -2.19. The quantitative estimate of drug-likeness (QED) is 0.378. The van der Waals surface area contributed by atoms with Gasteiger partial charge in [0, 0.05) is 0 Å². The number of carbonyl (C=O) groups excluding carboxylic acids is 2. The molecule has 0 aromatic carbocycles. The van der Waals surface area contributed by atoms with Crippen LogP contribution in [0.15, 0.2) is 0 Å². The van der Waals surface area contributed by atoms with E-state index < -0.39 is 0 Å². The van der Waals surface area contributed by atoms with Crippen molar-refractivity contribution in [2.24, 2.45) is 0 Å². The van der Waals surface area contributed by atoms with Gasteiger partial charge in [0.15, 0.2) is 12.6 Å². The van der Waals surface area contributed by atoms with Gasteiger partial charge in [0.05, 0.1) is 42.3 Å². The van der Waals surface area contributed by atoms with Crippen molar-refractivity contribution in [3.05, 3.63) is 0 Å². The molecular weight excluding hydrogens is 251 g/mol. The van der Waals surface area contributed by atoms with Crippen LogP contribution in [0.5, 0.6) is 0 Å². The summed E-state index contributed by atoms with van der Waals surface area (Å²) in [4.78, 5) is 19.6. The summed E-state index contributed by atoms with van der Waals surface area (Å²) in [5.74, 6) is 0. The van der Waals surface area contributed by atoms with Gasteiger partial charge in [0.1, 0.15) is 13.1 Å². The Balaban J connectivity index is -0.0000000800. The van der Waals surface area contributed by atoms with Crippen molar-refractivity contribution in [1.82, 2.24) is 0 Å². The Morgan fingerprint density at radius 3 is 0.875 bits per heavy atom. The zero-order valence-electron chi connectivity index (χ0n) is 11.0. The second-order valence-corrected chi connectivity index (χ2v) is 5.28. The number of nitrogens with zero attached hydrogens (tertiary/aromatic N) is 2. The Kier molecular flexibility index (Phi) is 17.6. The van der Waals surface area contributed by atoms with Gasteiger partial charge >= 0.3 is 0 Å². The van der Waals surface area contributed by atoms with Crippen LogP contribution in [-0.4, -0.2) is 76.9 Å². The fraction of sp³-hybridized carbons (Fsp3) is 0.800. The van der Waals surface area contributed by atoms with Gasteiger partial charge in [-0.1, -0.05) is 0 Å². The van der Waals surface area contributed by atoms with Crippen molar-refractivity contribution < 1.29 is 43.4 Å². The highest BCUT2D eigenvalue weighted by Gasteiger charge is 2.02. The van der Waals surface area contributed by atoms with Gasteiger partial charge in [-0.05, 0) is 0 Å². The van der Waals surface area contributed by atoms with Gasteiger partial charge in [-0.3, -0.25) is 9.59 Å². The SMILES string of the molecule is C[N+](C)(C)CC=O.C[N+](C)(C)CC=O.[Cl-].[Cl-]. The fourth-order valence-corrected chi connectivity index (χ4v) is 0.447. The number of quaternary nitrogens is 2. The highest BCUT2D eigenvalue weighted by molar-refractivity contribution is 5.50. The van der Waals surface area contributed by atoms with Crippen LogP contribution in [0.25, 0.3) is 0 Å². The largest absolute Gasteiger partial charge is 1.00 e. The van der Waals surface area contributed by atoms with Gasteiger partial charge in [-0.15, -0.1) is 0 Å². The molecule has 100 valence electrons. The summed E-state index contributed by atoms with van der Waals surface area (Å²) in [6.07, 6.45) is 1.86. The normalized spacial score (nSPS) is 9.88. The molecule has 0 aliphatic rings. The average Bonchev–Trinajstić information content (AvgIpc) is 1.81. The zero-order valence-corrected chi connectivity index (χ0v) is 12.5. The molecule has 0 saturated heterocycles. The maximum Gasteiger partial charge on any atom is 0.174 e. The summed E-state index contributed by atoms with van der Waals surface area (Å²) >= 11 is 0. The molecule has 0 rings (SSSR count). The third-order valence-corrected chi connectivity index (χ3v) is 1.24. The minimum Gasteiger partial charge on any atom is -1.00 e. The van der Waals surface area contributed by atoms with Gasteiger partial charge in [-0.25, -0.2) is 0 Å². The minimum absolute atomic E-state index is 0. The molecule has 0 fully saturated rings. The number of rotatable bonds is 4. The van der Waals surface area contributed by atoms with Gasteiger partial charge < -0.3 is 33.8 Å². The van der Waals surface area contributed by atoms with E-state index in [-0.39, 0.29) is 24.8 Å². The van der Waals surface area contributed by atoms with E-state index in [1.54, 1.807) is 0 Å². The number of hydrogen-bond acceptors (Lipinski definition) is 2. The molecule has 0 saturated carbocycles. The Hall–Kier alpha value is -0.160. The molecule has 0 spiro atoms. The van der Waals surface area contributed by atoms with Crippen LogP contribution >= 0.6 is 0 Å². The van der Waals surface area contributed by atoms with E-state index in [2.05, 4.69) is 0 Å². The van der Waals surface area contributed by atoms with Crippen molar-refractivity contribution in [3.63, 3.8) is 0 Å². The molecular formula is C10H24Cl2N2O2. The zero-order chi connectivity index (χ0) is 11.8. The van der Waals surface area contributed by atoms with Crippen molar-refractivity contribution in [1.29, 1.82) is 0 Å². The number of aldehydes is 2. The molecule has 0 aliphatic heterocycles. The van der Waals surface area contributed by atoms with E-state index in [4.69, 9.17) is 0 Å². The van der Waals surface area contributed by atoms with Crippen molar-refractivity contribution in [3.8, 4) is 0 Å². The Morgan fingerprint density at radius 1 is 0.688 bits per heavy atom. The molecule has 0 unspecified atom stereocenters. The lowest BCUT2D eigenvalue weighted by molar-refractivity contribution is -0.861. The fourth-order valence-electron chi connectivity index (χ4n) is 0.447. The molecule has 6 heteroatoms. The molecule has 0 heterocycles. The van der Waals surface area contributed by atoms with Crippen LogP contribution in [0, 0.1) is 0 Å². The summed E-state index contributed by atoms with van der Waals surface area (Å²) in [6, 6.07) is 0. The molecule has 0 aliphatic carbocycles. The first-order valence-corrected chi connectivity index (χ1v) is 4.60. The maximum atomic E-state index is 9.80. The van der Waals surface area contributed by atoms with Crippen LogP contribution in [0.2, 0.25) is 0 Å². The van der Waals surface area contributed by atoms with E-state index in [0.717, 1.165) is 21.5 Å². The maximum absolute atomic E-state index is 9.80. The van der Waals surface area contributed by atoms with Crippen molar-refractivity contribution in [2.75, 3.05) is 55.4 Å². The topological polar surface area (TPSA) is 34.1 Å². The Morgan fingerprint density at radius 2 is 0.875 bits per heavy atom. The Labute approximate surface area is 112 Å². The van der Waals surface area contributed by atoms with E-state index in [9.17, 15) is 9.59 Å². The molecule has 0 N–H and O–H groups in total. The lowest BCUT2D eigenvalue weighted by atomic mass is 10.6. The standard InChI is InChI=1S/2C5H12NO.2ClH/c2*1-6(2,3)4-5-7;;/h2*5H,4H2,1-3H3;2*1H/q2*+1;;/p-2. The summed E-state index contributed by atoms with van der Waals surface area (Å²) < 4.78 is 1.45. The Bertz CT molecular complexity index is 155. The molecule has 4 nitrogen and oxygen atoms in total. The van der Waals surface area contributed by atoms with E-state index in [0.29, 0.717) is 13.1 Å². The number of hydrogen-bond donors (Lipinski definition) is 0. The molecule has 0 amide bonds. The van der Waals surface area contributed by atoms with Crippen LogP contribution in [0.1, 0.15) is 0 Å². The summed E-state index contributed by atoms with van der Waals surface area (Å²) in [5.41, 5.74) is 0. The third kappa shape index (κ3) is 37.1. The van der Waals surface area contributed by atoms with E-state index in [1.807, 2.05) is 42.3 Å². The number of carbonyl (C=O) groups is 2. The monoisotopic (exact) mass is 274 g/mol. The second kappa shape index (κ2) is 11.3. The van der Waals surface area contributed by atoms with Crippen molar-refractivity contribution >= 4 is 12.6 Å². The molecule has 0 atom stereocenters. The minimum atomic E-state index is 0. The lowest BCUT2D eigenvalue weighted by Crippen LogP contribution is -3.00. The van der Waals surface area contributed by atoms with Gasteiger partial charge in [-0.2, -0.15) is 0 Å². The second-order valence-electron chi connectivity index (χ2n) is 5.28. The molecule has 0 radical (unpaired) electrons. The molecule has 0 aromatic rings. The first-order valence-electron chi connectivity index (χ1n) is 4.60. The smallest absolute Gasteiger partial charge is 0.174 e. The highest BCUT2D eigenvalue weighted by Crippen LogP contribution is 1.83. The first-order chi connectivity index (χ1) is 6.12. The van der Waals surface area contributed by atoms with Crippen molar-refractivity contribution in [2.45, 2.75) is 0 Å². The van der Waals surface area contributed by atoms with Crippen LogP contribution in [-0.2, 0) is 9.59 Å². The van der Waals surface area contributed by atoms with Gasteiger partial charge in [0.25, 0.3) is 0 Å². The first kappa shape index (κ1) is 24.9. The van der Waals surface area contributed by atoms with Crippen LogP contribution < -0.4 is 24.8 Å². The molecule has 0 aromatic heterocycles. The van der Waals surface area contributed by atoms with E-state index >= 15 is 0 Å². The number of halogens is 2.